The minimum Gasteiger partial charge on any atom is -0.493 e. The fraction of sp³-hybridized carbons (Fsp3) is 0.467. The molecule has 1 aliphatic rings. The number of rotatable bonds is 5. The third-order valence-corrected chi connectivity index (χ3v) is 3.43. The largest absolute Gasteiger partial charge is 0.493 e. The van der Waals surface area contributed by atoms with Crippen LogP contribution in [0.1, 0.15) is 24.8 Å². The quantitative estimate of drug-likeness (QED) is 0.842. The van der Waals surface area contributed by atoms with Crippen LogP contribution in [0.3, 0.4) is 0 Å². The summed E-state index contributed by atoms with van der Waals surface area (Å²) in [5.41, 5.74) is 6.66. The van der Waals surface area contributed by atoms with E-state index in [2.05, 4.69) is 12.2 Å². The van der Waals surface area contributed by atoms with E-state index < -0.39 is 0 Å². The second-order valence-corrected chi connectivity index (χ2v) is 5.09. The molecule has 0 heterocycles. The van der Waals surface area contributed by atoms with Crippen LogP contribution in [-0.2, 0) is 6.42 Å². The third kappa shape index (κ3) is 3.64. The first-order valence-corrected chi connectivity index (χ1v) is 7.02. The molecule has 0 aromatic heterocycles. The lowest BCUT2D eigenvalue weighted by Gasteiger charge is -2.22. The maximum absolute atomic E-state index is 6.09. The van der Waals surface area contributed by atoms with Crippen LogP contribution in [0.15, 0.2) is 24.3 Å². The lowest BCUT2D eigenvalue weighted by molar-refractivity contribution is 0.217. The summed E-state index contributed by atoms with van der Waals surface area (Å²) in [6.45, 7) is 0.556. The molecule has 1 unspecified atom stereocenters. The zero-order valence-electron chi connectivity index (χ0n) is 11.2. The molecule has 2 rings (SSSR count). The SMILES string of the molecule is COc1cc(Cl)cc(CCN)c1OC1C=CCCC1. The summed E-state index contributed by atoms with van der Waals surface area (Å²) in [4.78, 5) is 0. The molecule has 19 heavy (non-hydrogen) atoms. The number of hydrogen-bond donors (Lipinski definition) is 1. The standard InChI is InChI=1S/C15H20ClNO2/c1-18-14-10-12(16)9-11(7-8-17)15(14)19-13-5-3-2-4-6-13/h3,5,9-10,13H,2,4,6-8,17H2,1H3. The van der Waals surface area contributed by atoms with Gasteiger partial charge in [-0.25, -0.2) is 0 Å². The van der Waals surface area contributed by atoms with E-state index in [0.717, 1.165) is 37.0 Å². The first-order chi connectivity index (χ1) is 9.24. The Morgan fingerprint density at radius 3 is 2.89 bits per heavy atom. The number of ether oxygens (including phenoxy) is 2. The number of allylic oxidation sites excluding steroid dienone is 1. The number of benzene rings is 1. The molecule has 0 aliphatic heterocycles. The molecule has 0 spiro atoms. The number of hydrogen-bond acceptors (Lipinski definition) is 3. The van der Waals surface area contributed by atoms with Crippen LogP contribution in [0.25, 0.3) is 0 Å². The van der Waals surface area contributed by atoms with Gasteiger partial charge in [0.2, 0.25) is 0 Å². The molecule has 0 amide bonds. The minimum atomic E-state index is 0.111. The molecular weight excluding hydrogens is 262 g/mol. The molecule has 4 heteroatoms. The second kappa shape index (κ2) is 6.83. The lowest BCUT2D eigenvalue weighted by Crippen LogP contribution is -2.17. The van der Waals surface area contributed by atoms with Crippen molar-refractivity contribution in [3.05, 3.63) is 34.9 Å². The highest BCUT2D eigenvalue weighted by molar-refractivity contribution is 6.30. The third-order valence-electron chi connectivity index (χ3n) is 3.21. The van der Waals surface area contributed by atoms with Crippen LogP contribution < -0.4 is 15.2 Å². The van der Waals surface area contributed by atoms with Crippen molar-refractivity contribution in [2.24, 2.45) is 5.73 Å². The Hall–Kier alpha value is -1.19. The van der Waals surface area contributed by atoms with E-state index >= 15 is 0 Å². The Morgan fingerprint density at radius 1 is 1.42 bits per heavy atom. The van der Waals surface area contributed by atoms with Crippen molar-refractivity contribution in [1.82, 2.24) is 0 Å². The molecule has 104 valence electrons. The van der Waals surface area contributed by atoms with Gasteiger partial charge in [0.05, 0.1) is 7.11 Å². The van der Waals surface area contributed by atoms with Gasteiger partial charge in [0.15, 0.2) is 11.5 Å². The molecule has 2 N–H and O–H groups in total. The summed E-state index contributed by atoms with van der Waals surface area (Å²) < 4.78 is 11.5. The molecule has 0 radical (unpaired) electrons. The summed E-state index contributed by atoms with van der Waals surface area (Å²) in [7, 11) is 1.63. The number of halogens is 1. The van der Waals surface area contributed by atoms with Crippen molar-refractivity contribution in [2.45, 2.75) is 31.8 Å². The van der Waals surface area contributed by atoms with Gasteiger partial charge in [0.1, 0.15) is 6.10 Å². The van der Waals surface area contributed by atoms with Gasteiger partial charge in [0, 0.05) is 16.7 Å². The average molecular weight is 282 g/mol. The lowest BCUT2D eigenvalue weighted by atomic mass is 10.0. The molecule has 1 aliphatic carbocycles. The minimum absolute atomic E-state index is 0.111. The van der Waals surface area contributed by atoms with Crippen molar-refractivity contribution in [3.63, 3.8) is 0 Å². The van der Waals surface area contributed by atoms with E-state index in [9.17, 15) is 0 Å². The molecule has 3 nitrogen and oxygen atoms in total. The fourth-order valence-electron chi connectivity index (χ4n) is 2.28. The van der Waals surface area contributed by atoms with E-state index in [1.807, 2.05) is 6.07 Å². The van der Waals surface area contributed by atoms with E-state index in [1.165, 1.54) is 0 Å². The Morgan fingerprint density at radius 2 is 2.26 bits per heavy atom. The summed E-state index contributed by atoms with van der Waals surface area (Å²) in [6.07, 6.45) is 8.44. The van der Waals surface area contributed by atoms with Crippen LogP contribution in [0.4, 0.5) is 0 Å². The highest BCUT2D eigenvalue weighted by atomic mass is 35.5. The van der Waals surface area contributed by atoms with Gasteiger partial charge < -0.3 is 15.2 Å². The predicted octanol–water partition coefficient (Wildman–Crippen LogP) is 3.34. The van der Waals surface area contributed by atoms with Gasteiger partial charge in [0.25, 0.3) is 0 Å². The van der Waals surface area contributed by atoms with E-state index in [-0.39, 0.29) is 6.10 Å². The van der Waals surface area contributed by atoms with Gasteiger partial charge in [-0.1, -0.05) is 17.7 Å². The van der Waals surface area contributed by atoms with Crippen molar-refractivity contribution >= 4 is 11.6 Å². The molecule has 0 bridgehead atoms. The highest BCUT2D eigenvalue weighted by Crippen LogP contribution is 2.36. The first-order valence-electron chi connectivity index (χ1n) is 6.64. The van der Waals surface area contributed by atoms with Gasteiger partial charge in [-0.05, 0) is 44.4 Å². The number of methoxy groups -OCH3 is 1. The topological polar surface area (TPSA) is 44.5 Å². The first kappa shape index (κ1) is 14.2. The van der Waals surface area contributed by atoms with Crippen molar-refractivity contribution in [3.8, 4) is 11.5 Å². The summed E-state index contributed by atoms with van der Waals surface area (Å²) in [5, 5.41) is 0.645. The van der Waals surface area contributed by atoms with Crippen molar-refractivity contribution < 1.29 is 9.47 Å². The summed E-state index contributed by atoms with van der Waals surface area (Å²) in [5.74, 6) is 1.45. The van der Waals surface area contributed by atoms with E-state index in [1.54, 1.807) is 13.2 Å². The smallest absolute Gasteiger partial charge is 0.165 e. The van der Waals surface area contributed by atoms with Crippen LogP contribution in [0.2, 0.25) is 5.02 Å². The normalized spacial score (nSPS) is 18.4. The van der Waals surface area contributed by atoms with Crippen LogP contribution in [0, 0.1) is 0 Å². The van der Waals surface area contributed by atoms with Crippen molar-refractivity contribution in [1.29, 1.82) is 0 Å². The Labute approximate surface area is 119 Å². The van der Waals surface area contributed by atoms with Gasteiger partial charge >= 0.3 is 0 Å². The second-order valence-electron chi connectivity index (χ2n) is 4.65. The zero-order chi connectivity index (χ0) is 13.7. The fourth-order valence-corrected chi connectivity index (χ4v) is 2.51. The Bertz CT molecular complexity index is 460. The van der Waals surface area contributed by atoms with Gasteiger partial charge in [-0.3, -0.25) is 0 Å². The molecule has 1 atom stereocenters. The molecule has 0 saturated carbocycles. The Kier molecular flexibility index (Phi) is 5.11. The van der Waals surface area contributed by atoms with Crippen LogP contribution >= 0.6 is 11.6 Å². The molecule has 0 fully saturated rings. The van der Waals surface area contributed by atoms with E-state index in [4.69, 9.17) is 26.8 Å². The zero-order valence-corrected chi connectivity index (χ0v) is 12.0. The Balaban J connectivity index is 2.29. The molecule has 1 aromatic carbocycles. The molecule has 0 saturated heterocycles. The maximum Gasteiger partial charge on any atom is 0.165 e. The molecular formula is C15H20ClNO2. The molecule has 1 aromatic rings. The monoisotopic (exact) mass is 281 g/mol. The predicted molar refractivity (Wildman–Crippen MR) is 78.2 cm³/mol. The van der Waals surface area contributed by atoms with Crippen molar-refractivity contribution in [2.75, 3.05) is 13.7 Å². The summed E-state index contributed by atoms with van der Waals surface area (Å²) in [6, 6.07) is 3.68. The van der Waals surface area contributed by atoms with Crippen LogP contribution in [-0.4, -0.2) is 19.8 Å². The summed E-state index contributed by atoms with van der Waals surface area (Å²) >= 11 is 6.09. The maximum atomic E-state index is 6.09. The van der Waals surface area contributed by atoms with Gasteiger partial charge in [-0.15, -0.1) is 0 Å². The highest BCUT2D eigenvalue weighted by Gasteiger charge is 2.17. The average Bonchev–Trinajstić information content (AvgIpc) is 2.43. The van der Waals surface area contributed by atoms with E-state index in [0.29, 0.717) is 17.3 Å². The number of nitrogens with two attached hydrogens (primary N) is 1. The van der Waals surface area contributed by atoms with Gasteiger partial charge in [-0.2, -0.15) is 0 Å². The van der Waals surface area contributed by atoms with Crippen LogP contribution in [0.5, 0.6) is 11.5 Å².